The molecular weight excluding hydrogens is 154 g/mol. The van der Waals surface area contributed by atoms with Gasteiger partial charge in [-0.25, -0.2) is 0 Å². The Bertz CT molecular complexity index is 268. The number of aromatic nitrogens is 2. The molecule has 0 spiro atoms. The Morgan fingerprint density at radius 3 is 2.75 bits per heavy atom. The normalized spacial score (nSPS) is 10.7. The first-order valence-corrected chi connectivity index (χ1v) is 3.91. The summed E-state index contributed by atoms with van der Waals surface area (Å²) in [7, 11) is 3.57. The summed E-state index contributed by atoms with van der Waals surface area (Å²) in [5, 5.41) is 4.28. The van der Waals surface area contributed by atoms with Crippen LogP contribution in [0, 0.1) is 6.92 Å². The SMILES string of the molecule is COCc1nn(C)c(C)c1CN. The molecule has 1 rings (SSSR count). The van der Waals surface area contributed by atoms with Gasteiger partial charge in [-0.2, -0.15) is 5.10 Å². The van der Waals surface area contributed by atoms with Gasteiger partial charge >= 0.3 is 0 Å². The van der Waals surface area contributed by atoms with Crippen molar-refractivity contribution in [1.82, 2.24) is 9.78 Å². The molecule has 0 saturated carbocycles. The molecule has 0 radical (unpaired) electrons. The van der Waals surface area contributed by atoms with E-state index in [2.05, 4.69) is 5.10 Å². The molecule has 0 saturated heterocycles. The molecule has 4 heteroatoms. The Hall–Kier alpha value is -0.870. The zero-order valence-corrected chi connectivity index (χ0v) is 7.79. The first kappa shape index (κ1) is 9.22. The number of nitrogens with zero attached hydrogens (tertiary/aromatic N) is 2. The average Bonchev–Trinajstić information content (AvgIpc) is 2.29. The van der Waals surface area contributed by atoms with E-state index in [9.17, 15) is 0 Å². The van der Waals surface area contributed by atoms with Gasteiger partial charge in [-0.15, -0.1) is 0 Å². The number of ether oxygens (including phenoxy) is 1. The van der Waals surface area contributed by atoms with Crippen LogP contribution >= 0.6 is 0 Å². The standard InChI is InChI=1S/C8H15N3O/c1-6-7(4-9)8(5-12-3)10-11(6)2/h4-5,9H2,1-3H3. The van der Waals surface area contributed by atoms with E-state index in [1.165, 1.54) is 0 Å². The van der Waals surface area contributed by atoms with Gasteiger partial charge in [0.1, 0.15) is 0 Å². The van der Waals surface area contributed by atoms with Crippen LogP contribution in [0.2, 0.25) is 0 Å². The maximum atomic E-state index is 5.59. The molecule has 1 heterocycles. The van der Waals surface area contributed by atoms with Crippen LogP contribution in [-0.4, -0.2) is 16.9 Å². The van der Waals surface area contributed by atoms with Gasteiger partial charge in [0.15, 0.2) is 0 Å². The van der Waals surface area contributed by atoms with Gasteiger partial charge in [0, 0.05) is 32.0 Å². The summed E-state index contributed by atoms with van der Waals surface area (Å²) in [6, 6.07) is 0. The van der Waals surface area contributed by atoms with E-state index in [-0.39, 0.29) is 0 Å². The fourth-order valence-electron chi connectivity index (χ4n) is 1.24. The second kappa shape index (κ2) is 3.69. The van der Waals surface area contributed by atoms with E-state index < -0.39 is 0 Å². The lowest BCUT2D eigenvalue weighted by Gasteiger charge is -1.98. The van der Waals surface area contributed by atoms with Crippen molar-refractivity contribution in [2.75, 3.05) is 7.11 Å². The van der Waals surface area contributed by atoms with E-state index >= 15 is 0 Å². The predicted molar refractivity (Wildman–Crippen MR) is 46.5 cm³/mol. The predicted octanol–water partition coefficient (Wildman–Crippen LogP) is 0.334. The highest BCUT2D eigenvalue weighted by Gasteiger charge is 2.09. The van der Waals surface area contributed by atoms with Crippen molar-refractivity contribution in [3.8, 4) is 0 Å². The Labute approximate surface area is 72.3 Å². The van der Waals surface area contributed by atoms with E-state index in [1.54, 1.807) is 7.11 Å². The molecule has 0 atom stereocenters. The number of nitrogens with two attached hydrogens (primary N) is 1. The first-order chi connectivity index (χ1) is 5.70. The lowest BCUT2D eigenvalue weighted by molar-refractivity contribution is 0.180. The molecule has 12 heavy (non-hydrogen) atoms. The van der Waals surface area contributed by atoms with Crippen molar-refractivity contribution in [3.63, 3.8) is 0 Å². The number of hydrogen-bond acceptors (Lipinski definition) is 3. The number of methoxy groups -OCH3 is 1. The average molecular weight is 169 g/mol. The van der Waals surface area contributed by atoms with Crippen molar-refractivity contribution < 1.29 is 4.74 Å². The lowest BCUT2D eigenvalue weighted by Crippen LogP contribution is -2.02. The maximum Gasteiger partial charge on any atom is 0.0929 e. The van der Waals surface area contributed by atoms with Gasteiger partial charge < -0.3 is 10.5 Å². The number of rotatable bonds is 3. The zero-order chi connectivity index (χ0) is 9.14. The van der Waals surface area contributed by atoms with E-state index in [4.69, 9.17) is 10.5 Å². The molecule has 0 fully saturated rings. The molecule has 0 aliphatic carbocycles. The zero-order valence-electron chi connectivity index (χ0n) is 7.79. The Balaban J connectivity index is 3.02. The minimum absolute atomic E-state index is 0.526. The fourth-order valence-corrected chi connectivity index (χ4v) is 1.24. The van der Waals surface area contributed by atoms with E-state index in [1.807, 2.05) is 18.7 Å². The molecule has 0 aliphatic rings. The number of hydrogen-bond donors (Lipinski definition) is 1. The highest BCUT2D eigenvalue weighted by atomic mass is 16.5. The van der Waals surface area contributed by atoms with Crippen molar-refractivity contribution in [1.29, 1.82) is 0 Å². The van der Waals surface area contributed by atoms with Crippen LogP contribution in [0.25, 0.3) is 0 Å². The van der Waals surface area contributed by atoms with Gasteiger partial charge in [0.25, 0.3) is 0 Å². The van der Waals surface area contributed by atoms with Crippen LogP contribution < -0.4 is 5.73 Å². The smallest absolute Gasteiger partial charge is 0.0929 e. The molecule has 1 aromatic heterocycles. The van der Waals surface area contributed by atoms with Gasteiger partial charge in [-0.3, -0.25) is 4.68 Å². The topological polar surface area (TPSA) is 53.1 Å². The van der Waals surface area contributed by atoms with E-state index in [0.717, 1.165) is 17.0 Å². The number of aryl methyl sites for hydroxylation is 1. The minimum Gasteiger partial charge on any atom is -0.378 e. The second-order valence-corrected chi connectivity index (χ2v) is 2.77. The monoisotopic (exact) mass is 169 g/mol. The van der Waals surface area contributed by atoms with Crippen molar-refractivity contribution >= 4 is 0 Å². The summed E-state index contributed by atoms with van der Waals surface area (Å²) in [5.74, 6) is 0. The molecule has 0 aromatic carbocycles. The highest BCUT2D eigenvalue weighted by molar-refractivity contribution is 5.24. The van der Waals surface area contributed by atoms with Gasteiger partial charge in [-0.05, 0) is 6.92 Å². The third-order valence-electron chi connectivity index (χ3n) is 2.03. The molecule has 0 amide bonds. The van der Waals surface area contributed by atoms with Crippen LogP contribution in [-0.2, 0) is 24.9 Å². The van der Waals surface area contributed by atoms with Gasteiger partial charge in [0.05, 0.1) is 12.3 Å². The third kappa shape index (κ3) is 1.49. The third-order valence-corrected chi connectivity index (χ3v) is 2.03. The Morgan fingerprint density at radius 2 is 2.25 bits per heavy atom. The Kier molecular flexibility index (Phi) is 2.83. The molecule has 0 unspecified atom stereocenters. The minimum atomic E-state index is 0.526. The summed E-state index contributed by atoms with van der Waals surface area (Å²) in [6.45, 7) is 3.07. The van der Waals surface area contributed by atoms with Crippen LogP contribution in [0.1, 0.15) is 17.0 Å². The first-order valence-electron chi connectivity index (χ1n) is 3.91. The quantitative estimate of drug-likeness (QED) is 0.709. The van der Waals surface area contributed by atoms with Crippen molar-refractivity contribution in [2.24, 2.45) is 12.8 Å². The van der Waals surface area contributed by atoms with Crippen LogP contribution in [0.15, 0.2) is 0 Å². The van der Waals surface area contributed by atoms with Crippen LogP contribution in [0.5, 0.6) is 0 Å². The molecule has 4 nitrogen and oxygen atoms in total. The maximum absolute atomic E-state index is 5.59. The summed E-state index contributed by atoms with van der Waals surface area (Å²) in [5.41, 5.74) is 8.74. The second-order valence-electron chi connectivity index (χ2n) is 2.77. The summed E-state index contributed by atoms with van der Waals surface area (Å²) < 4.78 is 6.84. The largest absolute Gasteiger partial charge is 0.378 e. The van der Waals surface area contributed by atoms with Crippen molar-refractivity contribution in [3.05, 3.63) is 17.0 Å². The summed E-state index contributed by atoms with van der Waals surface area (Å²) >= 11 is 0. The molecule has 0 aliphatic heterocycles. The van der Waals surface area contributed by atoms with Gasteiger partial charge in [-0.1, -0.05) is 0 Å². The lowest BCUT2D eigenvalue weighted by atomic mass is 10.2. The fraction of sp³-hybridized carbons (Fsp3) is 0.625. The van der Waals surface area contributed by atoms with Crippen molar-refractivity contribution in [2.45, 2.75) is 20.1 Å². The molecule has 0 bridgehead atoms. The van der Waals surface area contributed by atoms with Crippen LogP contribution in [0.3, 0.4) is 0 Å². The summed E-state index contributed by atoms with van der Waals surface area (Å²) in [6.07, 6.45) is 0. The summed E-state index contributed by atoms with van der Waals surface area (Å²) in [4.78, 5) is 0. The van der Waals surface area contributed by atoms with Gasteiger partial charge in [0.2, 0.25) is 0 Å². The Morgan fingerprint density at radius 1 is 1.58 bits per heavy atom. The highest BCUT2D eigenvalue weighted by Crippen LogP contribution is 2.12. The molecule has 1 aromatic rings. The molecular formula is C8H15N3O. The molecule has 68 valence electrons. The molecule has 2 N–H and O–H groups in total. The van der Waals surface area contributed by atoms with Crippen LogP contribution in [0.4, 0.5) is 0 Å². The van der Waals surface area contributed by atoms with E-state index in [0.29, 0.717) is 13.2 Å².